The van der Waals surface area contributed by atoms with Crippen LogP contribution >= 0.6 is 23.2 Å². The number of halogens is 2. The second-order valence-corrected chi connectivity index (χ2v) is 13.6. The summed E-state index contributed by atoms with van der Waals surface area (Å²) in [6, 6.07) is 20.5. The van der Waals surface area contributed by atoms with Crippen LogP contribution in [0.15, 0.2) is 85.2 Å². The number of hydrogen-bond acceptors (Lipinski definition) is 9. The molecule has 4 heterocycles. The predicted octanol–water partition coefficient (Wildman–Crippen LogP) is 5.87. The molecule has 11 nitrogen and oxygen atoms in total. The molecule has 3 atom stereocenters. The third-order valence-corrected chi connectivity index (χ3v) is 10.2. The van der Waals surface area contributed by atoms with Crippen LogP contribution in [0.1, 0.15) is 52.0 Å². The first-order chi connectivity index (χ1) is 25.2. The number of rotatable bonds is 14. The zero-order valence-electron chi connectivity index (χ0n) is 28.9. The lowest BCUT2D eigenvalue weighted by Crippen LogP contribution is -2.52. The Kier molecular flexibility index (Phi) is 12.2. The molecule has 52 heavy (non-hydrogen) atoms. The first-order valence-corrected chi connectivity index (χ1v) is 17.9. The number of esters is 2. The van der Waals surface area contributed by atoms with E-state index in [1.165, 1.54) is 14.2 Å². The third kappa shape index (κ3) is 8.96. The Morgan fingerprint density at radius 1 is 0.885 bits per heavy atom. The number of fused-ring (bicyclic) bond motifs is 3. The van der Waals surface area contributed by atoms with Gasteiger partial charge in [-0.25, -0.2) is 9.78 Å². The Bertz CT molecular complexity index is 1870. The van der Waals surface area contributed by atoms with Crippen molar-refractivity contribution in [3.05, 3.63) is 117 Å². The van der Waals surface area contributed by atoms with Crippen molar-refractivity contribution in [3.8, 4) is 11.5 Å². The maximum atomic E-state index is 13.6. The van der Waals surface area contributed by atoms with Gasteiger partial charge in [0, 0.05) is 29.8 Å². The van der Waals surface area contributed by atoms with Crippen LogP contribution in [0.3, 0.4) is 0 Å². The molecule has 4 aromatic rings. The van der Waals surface area contributed by atoms with Gasteiger partial charge in [0.25, 0.3) is 5.91 Å². The van der Waals surface area contributed by atoms with Crippen molar-refractivity contribution in [2.24, 2.45) is 5.92 Å². The van der Waals surface area contributed by atoms with Gasteiger partial charge in [-0.15, -0.1) is 0 Å². The third-order valence-electron chi connectivity index (χ3n) is 9.50. The maximum Gasteiger partial charge on any atom is 0.333 e. The Labute approximate surface area is 312 Å². The average molecular weight is 749 g/mol. The minimum absolute atomic E-state index is 0.147. The molecule has 3 N–H and O–H groups in total. The second-order valence-electron chi connectivity index (χ2n) is 12.8. The Morgan fingerprint density at radius 3 is 2.29 bits per heavy atom. The molecule has 272 valence electrons. The zero-order chi connectivity index (χ0) is 36.6. The van der Waals surface area contributed by atoms with Crippen LogP contribution in [0.25, 0.3) is 0 Å². The number of carbonyl (C=O) groups excluding carboxylic acids is 3. The van der Waals surface area contributed by atoms with E-state index in [0.29, 0.717) is 44.3 Å². The Balaban J connectivity index is 1.13. The highest BCUT2D eigenvalue weighted by Crippen LogP contribution is 2.35. The van der Waals surface area contributed by atoms with E-state index in [-0.39, 0.29) is 24.1 Å². The van der Waals surface area contributed by atoms with Crippen molar-refractivity contribution in [2.45, 2.75) is 37.5 Å². The number of nitrogens with zero attached hydrogens (tertiary/aromatic N) is 1. The number of carbonyl (C=O) groups is 3. The molecular formula is C39H41Cl2N4O7+. The molecule has 7 rings (SSSR count). The van der Waals surface area contributed by atoms with Gasteiger partial charge in [0.2, 0.25) is 0 Å². The number of amides is 1. The Hall–Kier alpha value is -4.84. The smallest absolute Gasteiger partial charge is 0.333 e. The molecule has 3 aliphatic rings. The first kappa shape index (κ1) is 36.9. The fraction of sp³-hybridized carbons (Fsp3) is 0.333. The van der Waals surface area contributed by atoms with E-state index < -0.39 is 30.6 Å². The normalized spacial score (nSPS) is 18.8. The van der Waals surface area contributed by atoms with E-state index >= 15 is 0 Å². The summed E-state index contributed by atoms with van der Waals surface area (Å²) in [6.45, 7) is 2.42. The van der Waals surface area contributed by atoms with Gasteiger partial charge in [-0.05, 0) is 73.3 Å². The number of aromatic amines is 1. The number of hydrogen-bond donors (Lipinski definition) is 2. The van der Waals surface area contributed by atoms with Crippen LogP contribution in [0, 0.1) is 5.92 Å². The van der Waals surface area contributed by atoms with E-state index in [4.69, 9.17) is 42.1 Å². The number of ether oxygens (including phenoxy) is 4. The second kappa shape index (κ2) is 17.1. The molecule has 13 heteroatoms. The van der Waals surface area contributed by atoms with E-state index in [2.05, 4.69) is 20.5 Å². The summed E-state index contributed by atoms with van der Waals surface area (Å²) in [4.78, 5) is 45.4. The molecule has 0 spiro atoms. The molecule has 0 radical (unpaired) electrons. The van der Waals surface area contributed by atoms with Crippen LogP contribution in [0.2, 0.25) is 10.0 Å². The molecule has 3 aliphatic heterocycles. The van der Waals surface area contributed by atoms with Crippen molar-refractivity contribution in [1.29, 1.82) is 0 Å². The highest BCUT2D eigenvalue weighted by atomic mass is 35.5. The van der Waals surface area contributed by atoms with Crippen molar-refractivity contribution >= 4 is 46.7 Å². The number of aromatic nitrogens is 1. The van der Waals surface area contributed by atoms with E-state index in [1.54, 1.807) is 54.9 Å². The molecule has 1 amide bonds. The zero-order valence-corrected chi connectivity index (χ0v) is 30.4. The topological polar surface area (TPSA) is 130 Å². The number of anilines is 1. The summed E-state index contributed by atoms with van der Waals surface area (Å²) in [7, 11) is 3.04. The van der Waals surface area contributed by atoms with Crippen LogP contribution < -0.4 is 25.1 Å². The first-order valence-electron chi connectivity index (χ1n) is 17.1. The molecular weight excluding hydrogens is 707 g/mol. The minimum atomic E-state index is -0.829. The van der Waals surface area contributed by atoms with E-state index in [0.717, 1.165) is 38.0 Å². The van der Waals surface area contributed by atoms with E-state index in [1.807, 2.05) is 30.3 Å². The summed E-state index contributed by atoms with van der Waals surface area (Å²) in [5, 5.41) is 6.67. The summed E-state index contributed by atoms with van der Waals surface area (Å²) in [5.74, 6) is -0.236. The molecule has 2 bridgehead atoms. The van der Waals surface area contributed by atoms with Gasteiger partial charge in [0.1, 0.15) is 28.8 Å². The Morgan fingerprint density at radius 2 is 1.62 bits per heavy atom. The van der Waals surface area contributed by atoms with Gasteiger partial charge in [-0.3, -0.25) is 14.5 Å². The van der Waals surface area contributed by atoms with Gasteiger partial charge >= 0.3 is 11.9 Å². The number of benzene rings is 3. The highest BCUT2D eigenvalue weighted by Gasteiger charge is 2.38. The molecule has 0 aliphatic carbocycles. The van der Waals surface area contributed by atoms with Crippen molar-refractivity contribution in [1.82, 2.24) is 10.2 Å². The number of piperidine rings is 3. The van der Waals surface area contributed by atoms with Crippen molar-refractivity contribution < 1.29 is 38.3 Å². The lowest BCUT2D eigenvalue weighted by Gasteiger charge is -2.44. The summed E-state index contributed by atoms with van der Waals surface area (Å²) >= 11 is 12.9. The minimum Gasteiger partial charge on any atom is -0.493 e. The number of H-pyrrole nitrogens is 1. The molecule has 1 aromatic heterocycles. The fourth-order valence-electron chi connectivity index (χ4n) is 6.69. The maximum absolute atomic E-state index is 13.6. The van der Waals surface area contributed by atoms with Gasteiger partial charge in [0.15, 0.2) is 29.9 Å². The van der Waals surface area contributed by atoms with Crippen LogP contribution in [-0.2, 0) is 25.5 Å². The van der Waals surface area contributed by atoms with Crippen LogP contribution in [-0.4, -0.2) is 69.2 Å². The summed E-state index contributed by atoms with van der Waals surface area (Å²) in [5.41, 5.74) is 2.75. The number of methoxy groups -OCH3 is 2. The lowest BCUT2D eigenvalue weighted by atomic mass is 9.86. The van der Waals surface area contributed by atoms with Gasteiger partial charge < -0.3 is 29.6 Å². The molecule has 3 saturated heterocycles. The van der Waals surface area contributed by atoms with Gasteiger partial charge in [-0.1, -0.05) is 65.7 Å². The number of nitrogens with one attached hydrogen (secondary N) is 3. The average Bonchev–Trinajstić information content (AvgIpc) is 3.17. The fourth-order valence-corrected chi connectivity index (χ4v) is 7.23. The highest BCUT2D eigenvalue weighted by molar-refractivity contribution is 6.35. The summed E-state index contributed by atoms with van der Waals surface area (Å²) in [6.07, 6.45) is 4.40. The van der Waals surface area contributed by atoms with E-state index in [9.17, 15) is 14.4 Å². The van der Waals surface area contributed by atoms with Gasteiger partial charge in [-0.2, -0.15) is 0 Å². The summed E-state index contributed by atoms with van der Waals surface area (Å²) < 4.78 is 22.8. The quantitative estimate of drug-likeness (QED) is 0.152. The SMILES string of the molecule is COc1ccc([C@H](Cc2c(Cl)c[nH+]cc2Cl)OC(=O)CNC(=O)c2cccc(NC(C(=O)O[C@H]3CN4CCC3CC4)c3ccccc3)c2)cc1OC. The van der Waals surface area contributed by atoms with Crippen molar-refractivity contribution in [3.63, 3.8) is 0 Å². The molecule has 3 aromatic carbocycles. The predicted molar refractivity (Wildman–Crippen MR) is 196 cm³/mol. The number of pyridine rings is 1. The van der Waals surface area contributed by atoms with Gasteiger partial charge in [0.05, 0.1) is 14.2 Å². The lowest BCUT2D eigenvalue weighted by molar-refractivity contribution is -0.377. The monoisotopic (exact) mass is 747 g/mol. The van der Waals surface area contributed by atoms with Crippen LogP contribution in [0.5, 0.6) is 11.5 Å². The molecule has 3 fully saturated rings. The standard InChI is InChI=1S/C39H40Cl2N4O7/c1-49-32-12-11-26(18-34(32)50-2)33(19-29-30(40)20-42-21-31(29)41)51-36(46)22-43-38(47)27-9-6-10-28(17-27)44-37(25-7-4-3-5-8-25)39(48)52-35-23-45-15-13-24(35)14-16-45/h3-12,17-18,20-21,24,33,35,37,44H,13-16,19,22-23H2,1-2H3,(H,43,47)/p+1/t33-,35-,37?/m0/s1. The van der Waals surface area contributed by atoms with Crippen molar-refractivity contribution in [2.75, 3.05) is 45.7 Å². The molecule has 1 unspecified atom stereocenters. The molecule has 0 saturated carbocycles. The van der Waals surface area contributed by atoms with Crippen LogP contribution in [0.4, 0.5) is 5.69 Å². The largest absolute Gasteiger partial charge is 0.493 e.